The van der Waals surface area contributed by atoms with Gasteiger partial charge in [-0.2, -0.15) is 0 Å². The van der Waals surface area contributed by atoms with Crippen molar-refractivity contribution < 1.29 is 0 Å². The highest BCUT2D eigenvalue weighted by Gasteiger charge is 1.99. The standard InChI is InChI=1S/C14H9S/c1-2-4-11(5-3-1)12-6-7-14-13(10-12)8-9-15-14/h1-2,4-10H. The summed E-state index contributed by atoms with van der Waals surface area (Å²) >= 11 is 1.78. The van der Waals surface area contributed by atoms with E-state index in [0.717, 1.165) is 0 Å². The maximum atomic E-state index is 3.10. The van der Waals surface area contributed by atoms with Gasteiger partial charge in [0.1, 0.15) is 0 Å². The minimum absolute atomic E-state index is 1.23. The van der Waals surface area contributed by atoms with Gasteiger partial charge in [0.2, 0.25) is 0 Å². The second-order valence-corrected chi connectivity index (χ2v) is 4.41. The van der Waals surface area contributed by atoms with Crippen LogP contribution in [0.25, 0.3) is 21.2 Å². The summed E-state index contributed by atoms with van der Waals surface area (Å²) in [7, 11) is 0. The number of thiophene rings is 1. The van der Waals surface area contributed by atoms with Crippen LogP contribution in [0.5, 0.6) is 0 Å². The van der Waals surface area contributed by atoms with E-state index in [1.54, 1.807) is 11.3 Å². The van der Waals surface area contributed by atoms with Crippen LogP contribution in [0.4, 0.5) is 0 Å². The molecule has 71 valence electrons. The number of hydrogen-bond donors (Lipinski definition) is 0. The van der Waals surface area contributed by atoms with Crippen molar-refractivity contribution in [1.82, 2.24) is 0 Å². The minimum Gasteiger partial charge on any atom is -0.144 e. The second-order valence-electron chi connectivity index (χ2n) is 3.47. The Morgan fingerprint density at radius 2 is 2.00 bits per heavy atom. The zero-order valence-electron chi connectivity index (χ0n) is 8.10. The van der Waals surface area contributed by atoms with Crippen LogP contribution in [-0.2, 0) is 0 Å². The lowest BCUT2D eigenvalue weighted by Crippen LogP contribution is -1.75. The van der Waals surface area contributed by atoms with Crippen molar-refractivity contribution >= 4 is 21.4 Å². The number of fused-ring (bicyclic) bond motifs is 1. The molecule has 0 N–H and O–H groups in total. The van der Waals surface area contributed by atoms with E-state index >= 15 is 0 Å². The highest BCUT2D eigenvalue weighted by Crippen LogP contribution is 2.27. The van der Waals surface area contributed by atoms with E-state index in [0.29, 0.717) is 0 Å². The smallest absolute Gasteiger partial charge is 0.0343 e. The van der Waals surface area contributed by atoms with Gasteiger partial charge in [-0.3, -0.25) is 0 Å². The fraction of sp³-hybridized carbons (Fsp3) is 0. The summed E-state index contributed by atoms with van der Waals surface area (Å²) in [6.07, 6.45) is 0. The molecule has 3 aromatic rings. The zero-order valence-corrected chi connectivity index (χ0v) is 8.92. The van der Waals surface area contributed by atoms with Gasteiger partial charge in [0.15, 0.2) is 0 Å². The van der Waals surface area contributed by atoms with E-state index in [9.17, 15) is 0 Å². The Hall–Kier alpha value is -1.60. The maximum absolute atomic E-state index is 3.10. The van der Waals surface area contributed by atoms with Crippen molar-refractivity contribution in [2.45, 2.75) is 0 Å². The van der Waals surface area contributed by atoms with E-state index in [2.05, 4.69) is 41.8 Å². The molecule has 0 atom stereocenters. The van der Waals surface area contributed by atoms with Gasteiger partial charge >= 0.3 is 0 Å². The van der Waals surface area contributed by atoms with Crippen molar-refractivity contribution in [2.24, 2.45) is 0 Å². The number of rotatable bonds is 1. The number of benzene rings is 2. The minimum atomic E-state index is 1.23. The number of hydrogen-bond acceptors (Lipinski definition) is 1. The molecule has 1 heterocycles. The first-order valence-corrected chi connectivity index (χ1v) is 5.75. The average molecular weight is 209 g/mol. The lowest BCUT2D eigenvalue weighted by atomic mass is 10.0. The third-order valence-electron chi connectivity index (χ3n) is 2.49. The molecule has 2 aromatic carbocycles. The van der Waals surface area contributed by atoms with E-state index in [-0.39, 0.29) is 0 Å². The largest absolute Gasteiger partial charge is 0.144 e. The lowest BCUT2D eigenvalue weighted by Gasteiger charge is -2.00. The highest BCUT2D eigenvalue weighted by molar-refractivity contribution is 7.17. The third-order valence-corrected chi connectivity index (χ3v) is 3.39. The Kier molecular flexibility index (Phi) is 2.04. The Bertz CT molecular complexity index is 578. The van der Waals surface area contributed by atoms with Gasteiger partial charge in [-0.15, -0.1) is 11.3 Å². The van der Waals surface area contributed by atoms with Crippen LogP contribution in [0.15, 0.2) is 53.9 Å². The molecule has 0 fully saturated rings. The molecule has 0 aliphatic heterocycles. The van der Waals surface area contributed by atoms with E-state index in [1.165, 1.54) is 21.2 Å². The first-order valence-electron chi connectivity index (χ1n) is 4.87. The quantitative estimate of drug-likeness (QED) is 0.558. The average Bonchev–Trinajstić information content (AvgIpc) is 2.77. The Labute approximate surface area is 92.8 Å². The summed E-state index contributed by atoms with van der Waals surface area (Å²) in [6, 6.07) is 19.9. The van der Waals surface area contributed by atoms with Gasteiger partial charge in [0, 0.05) is 4.70 Å². The van der Waals surface area contributed by atoms with E-state index in [4.69, 9.17) is 0 Å². The van der Waals surface area contributed by atoms with Crippen LogP contribution in [0.1, 0.15) is 0 Å². The van der Waals surface area contributed by atoms with Crippen molar-refractivity contribution in [2.75, 3.05) is 0 Å². The molecule has 0 bridgehead atoms. The topological polar surface area (TPSA) is 0 Å². The van der Waals surface area contributed by atoms with E-state index < -0.39 is 0 Å². The monoisotopic (exact) mass is 209 g/mol. The molecule has 0 aliphatic carbocycles. The van der Waals surface area contributed by atoms with E-state index in [1.807, 2.05) is 18.2 Å². The van der Waals surface area contributed by atoms with Crippen molar-refractivity contribution in [3.05, 3.63) is 60.0 Å². The van der Waals surface area contributed by atoms with Crippen LogP contribution >= 0.6 is 11.3 Å². The predicted octanol–water partition coefficient (Wildman–Crippen LogP) is 4.37. The molecule has 3 rings (SSSR count). The SMILES string of the molecule is [c]1cccc(-c2ccc3sccc3c2)c1. The molecular weight excluding hydrogens is 200 g/mol. The molecule has 1 heteroatoms. The molecule has 0 spiro atoms. The van der Waals surface area contributed by atoms with Crippen molar-refractivity contribution in [1.29, 1.82) is 0 Å². The summed E-state index contributed by atoms with van der Waals surface area (Å²) in [6.45, 7) is 0. The Balaban J connectivity index is 2.19. The highest BCUT2D eigenvalue weighted by atomic mass is 32.1. The molecular formula is C14H9S. The van der Waals surface area contributed by atoms with Gasteiger partial charge in [-0.1, -0.05) is 24.3 Å². The van der Waals surface area contributed by atoms with Gasteiger partial charge in [-0.05, 0) is 52.2 Å². The Morgan fingerprint density at radius 3 is 2.87 bits per heavy atom. The molecule has 0 saturated carbocycles. The van der Waals surface area contributed by atoms with Gasteiger partial charge in [-0.25, -0.2) is 0 Å². The fourth-order valence-electron chi connectivity index (χ4n) is 1.72. The van der Waals surface area contributed by atoms with Crippen LogP contribution in [0.2, 0.25) is 0 Å². The first kappa shape index (κ1) is 8.69. The van der Waals surface area contributed by atoms with Crippen LogP contribution in [0.3, 0.4) is 0 Å². The molecule has 0 amide bonds. The van der Waals surface area contributed by atoms with Crippen LogP contribution in [0, 0.1) is 6.07 Å². The predicted molar refractivity (Wildman–Crippen MR) is 66.1 cm³/mol. The molecule has 15 heavy (non-hydrogen) atoms. The van der Waals surface area contributed by atoms with Crippen molar-refractivity contribution in [3.8, 4) is 11.1 Å². The summed E-state index contributed by atoms with van der Waals surface area (Å²) in [5, 5.41) is 3.45. The maximum Gasteiger partial charge on any atom is 0.0343 e. The molecule has 0 nitrogen and oxygen atoms in total. The molecule has 0 saturated heterocycles. The first-order chi connectivity index (χ1) is 7.43. The molecule has 0 unspecified atom stereocenters. The fourth-order valence-corrected chi connectivity index (χ4v) is 2.49. The summed E-state index contributed by atoms with van der Waals surface area (Å²) in [5.74, 6) is 0. The third kappa shape index (κ3) is 1.55. The van der Waals surface area contributed by atoms with Crippen molar-refractivity contribution in [3.63, 3.8) is 0 Å². The zero-order chi connectivity index (χ0) is 10.1. The normalized spacial score (nSPS) is 10.7. The van der Waals surface area contributed by atoms with Gasteiger partial charge in [0.25, 0.3) is 0 Å². The molecule has 0 aliphatic rings. The molecule has 1 radical (unpaired) electrons. The second kappa shape index (κ2) is 3.52. The lowest BCUT2D eigenvalue weighted by molar-refractivity contribution is 1.64. The molecule has 1 aromatic heterocycles. The summed E-state index contributed by atoms with van der Waals surface area (Å²) in [5.41, 5.74) is 2.49. The Morgan fingerprint density at radius 1 is 1.00 bits per heavy atom. The van der Waals surface area contributed by atoms with Gasteiger partial charge in [0.05, 0.1) is 0 Å². The van der Waals surface area contributed by atoms with Gasteiger partial charge < -0.3 is 0 Å². The summed E-state index contributed by atoms with van der Waals surface area (Å²) in [4.78, 5) is 0. The summed E-state index contributed by atoms with van der Waals surface area (Å²) < 4.78 is 1.35. The van der Waals surface area contributed by atoms with Crippen LogP contribution < -0.4 is 0 Å². The van der Waals surface area contributed by atoms with Crippen LogP contribution in [-0.4, -0.2) is 0 Å².